The maximum Gasteiger partial charge on any atom is 0.323 e. The van der Waals surface area contributed by atoms with Gasteiger partial charge in [0.15, 0.2) is 0 Å². The van der Waals surface area contributed by atoms with Crippen LogP contribution in [0.4, 0.5) is 5.69 Å². The Morgan fingerprint density at radius 2 is 1.68 bits per heavy atom. The number of para-hydroxylation sites is 1. The van der Waals surface area contributed by atoms with Crippen molar-refractivity contribution in [1.82, 2.24) is 5.09 Å². The molecular formula is C23H31N2O5P. The summed E-state index contributed by atoms with van der Waals surface area (Å²) < 4.78 is 18.8. The molecule has 2 N–H and O–H groups in total. The van der Waals surface area contributed by atoms with Crippen LogP contribution >= 0.6 is 7.52 Å². The van der Waals surface area contributed by atoms with Gasteiger partial charge in [0.05, 0.1) is 12.6 Å². The molecule has 0 saturated heterocycles. The molecule has 1 unspecified atom stereocenters. The first-order valence-corrected chi connectivity index (χ1v) is 12.3. The lowest BCUT2D eigenvalue weighted by Crippen LogP contribution is -2.46. The van der Waals surface area contributed by atoms with Crippen molar-refractivity contribution in [2.45, 2.75) is 39.2 Å². The molecule has 0 spiro atoms. The lowest BCUT2D eigenvalue weighted by Gasteiger charge is -2.28. The highest BCUT2D eigenvalue weighted by Gasteiger charge is 2.31. The predicted molar refractivity (Wildman–Crippen MR) is 123 cm³/mol. The largest absolute Gasteiger partial charge is 0.480 e. The van der Waals surface area contributed by atoms with Crippen molar-refractivity contribution in [3.63, 3.8) is 0 Å². The molecule has 0 bridgehead atoms. The zero-order valence-corrected chi connectivity index (χ0v) is 19.0. The number of carbonyl (C=O) groups excluding carboxylic acids is 1. The van der Waals surface area contributed by atoms with Crippen LogP contribution < -0.4 is 9.99 Å². The monoisotopic (exact) mass is 446 g/mol. The molecule has 31 heavy (non-hydrogen) atoms. The van der Waals surface area contributed by atoms with Gasteiger partial charge in [-0.2, -0.15) is 0 Å². The number of benzene rings is 2. The maximum atomic E-state index is 13.3. The summed E-state index contributed by atoms with van der Waals surface area (Å²) in [6.07, 6.45) is 2.70. The Bertz CT molecular complexity index is 876. The van der Waals surface area contributed by atoms with E-state index in [1.54, 1.807) is 44.2 Å². The van der Waals surface area contributed by atoms with E-state index in [9.17, 15) is 19.3 Å². The Morgan fingerprint density at radius 3 is 2.26 bits per heavy atom. The Morgan fingerprint density at radius 1 is 1.06 bits per heavy atom. The topological polar surface area (TPSA) is 95.9 Å². The van der Waals surface area contributed by atoms with Gasteiger partial charge in [0.1, 0.15) is 6.54 Å². The number of carbonyl (C=O) groups is 2. The van der Waals surface area contributed by atoms with E-state index < -0.39 is 32.0 Å². The second-order valence-corrected chi connectivity index (χ2v) is 9.57. The normalized spacial score (nSPS) is 13.9. The minimum atomic E-state index is -3.26. The van der Waals surface area contributed by atoms with Gasteiger partial charge in [0.2, 0.25) is 5.91 Å². The van der Waals surface area contributed by atoms with Crippen LogP contribution in [-0.4, -0.2) is 42.3 Å². The summed E-state index contributed by atoms with van der Waals surface area (Å²) in [6, 6.07) is 17.8. The Hall–Kier alpha value is -2.47. The fraction of sp³-hybridized carbons (Fsp3) is 0.391. The molecule has 0 radical (unpaired) electrons. The number of aliphatic carboxylic acids is 1. The maximum absolute atomic E-state index is 13.3. The molecule has 168 valence electrons. The van der Waals surface area contributed by atoms with Gasteiger partial charge in [-0.15, -0.1) is 0 Å². The van der Waals surface area contributed by atoms with Gasteiger partial charge in [0.25, 0.3) is 7.52 Å². The lowest BCUT2D eigenvalue weighted by molar-refractivity contribution is -0.136. The first-order valence-electron chi connectivity index (χ1n) is 10.5. The molecule has 0 saturated carbocycles. The van der Waals surface area contributed by atoms with Crippen molar-refractivity contribution < 1.29 is 23.8 Å². The standard InChI is InChI=1S/C23H31N2O5P/c1-3-30-31(29,17-11-10-14-20-12-6-4-7-13-20)24-19(2)23(28)25(18-22(26)27)21-15-8-5-9-16-21/h4-9,12-13,15-16,19H,3,10-11,14,17-18H2,1-2H3,(H,24,29)(H,26,27)/t19-,31?/m0/s1. The Balaban J connectivity index is 2.01. The molecule has 0 aliphatic carbocycles. The third kappa shape index (κ3) is 8.29. The molecule has 8 heteroatoms. The first kappa shape index (κ1) is 24.8. The van der Waals surface area contributed by atoms with E-state index in [1.807, 2.05) is 18.2 Å². The Kier molecular flexibility index (Phi) is 9.92. The fourth-order valence-electron chi connectivity index (χ4n) is 3.29. The van der Waals surface area contributed by atoms with Crippen LogP contribution in [0.15, 0.2) is 60.7 Å². The van der Waals surface area contributed by atoms with Gasteiger partial charge in [-0.25, -0.2) is 5.09 Å². The van der Waals surface area contributed by atoms with Crippen LogP contribution in [0.2, 0.25) is 0 Å². The number of amides is 1. The second-order valence-electron chi connectivity index (χ2n) is 7.26. The third-order valence-electron chi connectivity index (χ3n) is 4.74. The summed E-state index contributed by atoms with van der Waals surface area (Å²) in [5, 5.41) is 12.1. The van der Waals surface area contributed by atoms with E-state index in [0.717, 1.165) is 12.8 Å². The molecule has 2 rings (SSSR count). The van der Waals surface area contributed by atoms with E-state index in [2.05, 4.69) is 17.2 Å². The molecule has 0 fully saturated rings. The molecule has 0 aliphatic rings. The number of rotatable bonds is 13. The number of carboxylic acid groups (broad SMARTS) is 1. The number of anilines is 1. The molecule has 0 heterocycles. The summed E-state index contributed by atoms with van der Waals surface area (Å²) in [5.74, 6) is -1.60. The van der Waals surface area contributed by atoms with Crippen molar-refractivity contribution in [2.24, 2.45) is 0 Å². The summed E-state index contributed by atoms with van der Waals surface area (Å²) in [5.41, 5.74) is 1.69. The number of hydrogen-bond donors (Lipinski definition) is 2. The highest BCUT2D eigenvalue weighted by atomic mass is 31.2. The van der Waals surface area contributed by atoms with Gasteiger partial charge in [0, 0.05) is 11.8 Å². The van der Waals surface area contributed by atoms with Crippen LogP contribution in [0.25, 0.3) is 0 Å². The minimum absolute atomic E-state index is 0.251. The van der Waals surface area contributed by atoms with Crippen LogP contribution in [-0.2, 0) is 25.1 Å². The zero-order valence-electron chi connectivity index (χ0n) is 18.1. The van der Waals surface area contributed by atoms with Crippen LogP contribution in [0.3, 0.4) is 0 Å². The SMILES string of the molecule is CCOP(=O)(CCCCc1ccccc1)N[C@@H](C)C(=O)N(CC(=O)O)c1ccccc1. The van der Waals surface area contributed by atoms with Gasteiger partial charge in [-0.05, 0) is 50.8 Å². The molecule has 0 aromatic heterocycles. The average molecular weight is 446 g/mol. The van der Waals surface area contributed by atoms with Crippen LogP contribution in [0.1, 0.15) is 32.3 Å². The molecule has 1 amide bonds. The van der Waals surface area contributed by atoms with Crippen molar-refractivity contribution in [3.05, 3.63) is 66.2 Å². The summed E-state index contributed by atoms with van der Waals surface area (Å²) in [6.45, 7) is 3.10. The lowest BCUT2D eigenvalue weighted by atomic mass is 10.1. The molecule has 2 atom stereocenters. The van der Waals surface area contributed by atoms with E-state index in [1.165, 1.54) is 10.5 Å². The zero-order chi connectivity index (χ0) is 22.7. The number of nitrogens with one attached hydrogen (secondary N) is 1. The quantitative estimate of drug-likeness (QED) is 0.351. The number of aryl methyl sites for hydroxylation is 1. The number of carboxylic acids is 1. The first-order chi connectivity index (χ1) is 14.8. The number of unbranched alkanes of at least 4 members (excludes halogenated alkanes) is 1. The summed E-state index contributed by atoms with van der Waals surface area (Å²) >= 11 is 0. The molecule has 2 aromatic rings. The third-order valence-corrected chi connectivity index (χ3v) is 7.10. The number of hydrogen-bond acceptors (Lipinski definition) is 4. The summed E-state index contributed by atoms with van der Waals surface area (Å²) in [7, 11) is -3.26. The highest BCUT2D eigenvalue weighted by Crippen LogP contribution is 2.44. The smallest absolute Gasteiger partial charge is 0.323 e. The Labute approximate surface area is 183 Å². The molecule has 0 aliphatic heterocycles. The van der Waals surface area contributed by atoms with Crippen LogP contribution in [0.5, 0.6) is 0 Å². The molecule has 2 aromatic carbocycles. The van der Waals surface area contributed by atoms with E-state index in [0.29, 0.717) is 18.3 Å². The van der Waals surface area contributed by atoms with Crippen molar-refractivity contribution in [3.8, 4) is 0 Å². The highest BCUT2D eigenvalue weighted by molar-refractivity contribution is 7.56. The molecule has 7 nitrogen and oxygen atoms in total. The van der Waals surface area contributed by atoms with Crippen molar-refractivity contribution >= 4 is 25.1 Å². The van der Waals surface area contributed by atoms with Crippen molar-refractivity contribution in [2.75, 3.05) is 24.2 Å². The average Bonchev–Trinajstić information content (AvgIpc) is 2.76. The van der Waals surface area contributed by atoms with Gasteiger partial charge >= 0.3 is 5.97 Å². The van der Waals surface area contributed by atoms with Gasteiger partial charge in [-0.1, -0.05) is 48.5 Å². The van der Waals surface area contributed by atoms with Crippen LogP contribution in [0, 0.1) is 0 Å². The predicted octanol–water partition coefficient (Wildman–Crippen LogP) is 4.33. The second kappa shape index (κ2) is 12.4. The minimum Gasteiger partial charge on any atom is -0.480 e. The van der Waals surface area contributed by atoms with Gasteiger partial charge < -0.3 is 9.63 Å². The van der Waals surface area contributed by atoms with Gasteiger partial charge in [-0.3, -0.25) is 19.1 Å². The van der Waals surface area contributed by atoms with E-state index in [-0.39, 0.29) is 6.61 Å². The van der Waals surface area contributed by atoms with Crippen molar-refractivity contribution in [1.29, 1.82) is 0 Å². The molecular weight excluding hydrogens is 415 g/mol. The van der Waals surface area contributed by atoms with E-state index in [4.69, 9.17) is 4.52 Å². The number of nitrogens with zero attached hydrogens (tertiary/aromatic N) is 1. The fourth-order valence-corrected chi connectivity index (χ4v) is 5.38. The van der Waals surface area contributed by atoms with E-state index >= 15 is 0 Å². The summed E-state index contributed by atoms with van der Waals surface area (Å²) in [4.78, 5) is 25.5.